The van der Waals surface area contributed by atoms with Gasteiger partial charge in [-0.25, -0.2) is 0 Å². The SMILES string of the molecule is CC1CCN(C(=O)CCCl)CC1C. The van der Waals surface area contributed by atoms with Crippen LogP contribution in [0.25, 0.3) is 0 Å². The minimum Gasteiger partial charge on any atom is -0.342 e. The Kier molecular flexibility index (Phi) is 4.04. The molecule has 1 aliphatic rings. The molecule has 0 radical (unpaired) electrons. The van der Waals surface area contributed by atoms with E-state index >= 15 is 0 Å². The lowest BCUT2D eigenvalue weighted by Gasteiger charge is -2.35. The molecule has 2 atom stereocenters. The molecule has 1 amide bonds. The maximum Gasteiger partial charge on any atom is 0.223 e. The van der Waals surface area contributed by atoms with Gasteiger partial charge in [0.25, 0.3) is 0 Å². The molecule has 0 aromatic rings. The molecule has 1 fully saturated rings. The first kappa shape index (κ1) is 10.8. The molecule has 1 rings (SSSR count). The summed E-state index contributed by atoms with van der Waals surface area (Å²) >= 11 is 5.53. The van der Waals surface area contributed by atoms with Crippen molar-refractivity contribution in [1.29, 1.82) is 0 Å². The van der Waals surface area contributed by atoms with Crippen LogP contribution >= 0.6 is 11.6 Å². The van der Waals surface area contributed by atoms with Crippen LogP contribution in [0, 0.1) is 11.8 Å². The number of carbonyl (C=O) groups excluding carboxylic acids is 1. The molecule has 2 unspecified atom stereocenters. The lowest BCUT2D eigenvalue weighted by Crippen LogP contribution is -2.42. The van der Waals surface area contributed by atoms with Gasteiger partial charge in [-0.1, -0.05) is 13.8 Å². The fourth-order valence-electron chi connectivity index (χ4n) is 1.73. The first-order valence-corrected chi connectivity index (χ1v) is 5.52. The molecule has 13 heavy (non-hydrogen) atoms. The molecule has 0 aromatic heterocycles. The Morgan fingerprint density at radius 3 is 2.69 bits per heavy atom. The molecule has 0 spiro atoms. The molecule has 1 aliphatic heterocycles. The van der Waals surface area contributed by atoms with E-state index < -0.39 is 0 Å². The summed E-state index contributed by atoms with van der Waals surface area (Å²) in [5.74, 6) is 2.04. The highest BCUT2D eigenvalue weighted by molar-refractivity contribution is 6.18. The van der Waals surface area contributed by atoms with E-state index in [0.29, 0.717) is 18.2 Å². The predicted molar refractivity (Wildman–Crippen MR) is 54.9 cm³/mol. The molecular formula is C10H18ClNO. The van der Waals surface area contributed by atoms with Crippen LogP contribution in [-0.2, 0) is 4.79 Å². The van der Waals surface area contributed by atoms with Gasteiger partial charge in [0.15, 0.2) is 0 Å². The van der Waals surface area contributed by atoms with Crippen LogP contribution in [0.1, 0.15) is 26.7 Å². The quantitative estimate of drug-likeness (QED) is 0.630. The second kappa shape index (κ2) is 4.85. The number of hydrogen-bond acceptors (Lipinski definition) is 1. The molecule has 0 bridgehead atoms. The molecule has 0 aromatic carbocycles. The van der Waals surface area contributed by atoms with Crippen LogP contribution in [0.15, 0.2) is 0 Å². The maximum absolute atomic E-state index is 11.5. The van der Waals surface area contributed by atoms with Gasteiger partial charge >= 0.3 is 0 Å². The zero-order valence-electron chi connectivity index (χ0n) is 8.42. The van der Waals surface area contributed by atoms with Crippen LogP contribution in [0.5, 0.6) is 0 Å². The molecule has 1 saturated heterocycles. The number of alkyl halides is 1. The summed E-state index contributed by atoms with van der Waals surface area (Å²) in [6.45, 7) is 6.30. The Bertz CT molecular complexity index is 184. The molecular weight excluding hydrogens is 186 g/mol. The third-order valence-electron chi connectivity index (χ3n) is 3.00. The number of hydrogen-bond donors (Lipinski definition) is 0. The van der Waals surface area contributed by atoms with Gasteiger partial charge in [-0.05, 0) is 18.3 Å². The molecule has 0 N–H and O–H groups in total. The van der Waals surface area contributed by atoms with Crippen LogP contribution in [0.3, 0.4) is 0 Å². The zero-order chi connectivity index (χ0) is 9.84. The number of likely N-dealkylation sites (tertiary alicyclic amines) is 1. The van der Waals surface area contributed by atoms with E-state index in [4.69, 9.17) is 11.6 Å². The van der Waals surface area contributed by atoms with Gasteiger partial charge < -0.3 is 4.90 Å². The zero-order valence-corrected chi connectivity index (χ0v) is 9.18. The normalized spacial score (nSPS) is 29.0. The van der Waals surface area contributed by atoms with E-state index in [1.807, 2.05) is 4.90 Å². The molecule has 76 valence electrons. The summed E-state index contributed by atoms with van der Waals surface area (Å²) in [4.78, 5) is 13.4. The third-order valence-corrected chi connectivity index (χ3v) is 3.18. The molecule has 3 heteroatoms. The first-order chi connectivity index (χ1) is 6.15. The number of nitrogens with zero attached hydrogens (tertiary/aromatic N) is 1. The highest BCUT2D eigenvalue weighted by atomic mass is 35.5. The number of halogens is 1. The second-order valence-electron chi connectivity index (χ2n) is 4.02. The first-order valence-electron chi connectivity index (χ1n) is 4.99. The lowest BCUT2D eigenvalue weighted by atomic mass is 9.88. The van der Waals surface area contributed by atoms with Gasteiger partial charge in [-0.3, -0.25) is 4.79 Å². The van der Waals surface area contributed by atoms with Crippen LogP contribution in [0.2, 0.25) is 0 Å². The van der Waals surface area contributed by atoms with Gasteiger partial charge in [0, 0.05) is 25.4 Å². The van der Waals surface area contributed by atoms with Crippen molar-refractivity contribution in [1.82, 2.24) is 4.90 Å². The van der Waals surface area contributed by atoms with E-state index in [1.54, 1.807) is 0 Å². The molecule has 0 saturated carbocycles. The fraction of sp³-hybridized carbons (Fsp3) is 0.900. The Morgan fingerprint density at radius 1 is 1.46 bits per heavy atom. The topological polar surface area (TPSA) is 20.3 Å². The van der Waals surface area contributed by atoms with Crippen molar-refractivity contribution in [2.24, 2.45) is 11.8 Å². The summed E-state index contributed by atoms with van der Waals surface area (Å²) in [6.07, 6.45) is 1.62. The Labute approximate surface area is 85.2 Å². The predicted octanol–water partition coefficient (Wildman–Crippen LogP) is 2.12. The van der Waals surface area contributed by atoms with E-state index in [2.05, 4.69) is 13.8 Å². The monoisotopic (exact) mass is 203 g/mol. The van der Waals surface area contributed by atoms with Crippen molar-refractivity contribution in [3.8, 4) is 0 Å². The summed E-state index contributed by atoms with van der Waals surface area (Å²) in [5.41, 5.74) is 0. The highest BCUT2D eigenvalue weighted by Gasteiger charge is 2.25. The summed E-state index contributed by atoms with van der Waals surface area (Å²) in [5, 5.41) is 0. The van der Waals surface area contributed by atoms with Crippen LogP contribution in [0.4, 0.5) is 0 Å². The smallest absolute Gasteiger partial charge is 0.223 e. The van der Waals surface area contributed by atoms with Crippen molar-refractivity contribution in [3.05, 3.63) is 0 Å². The van der Waals surface area contributed by atoms with E-state index in [9.17, 15) is 4.79 Å². The van der Waals surface area contributed by atoms with E-state index in [0.717, 1.165) is 25.4 Å². The van der Waals surface area contributed by atoms with Crippen LogP contribution < -0.4 is 0 Å². The third kappa shape index (κ3) is 2.87. The Hall–Kier alpha value is -0.240. The fourth-order valence-corrected chi connectivity index (χ4v) is 1.89. The number of piperidine rings is 1. The summed E-state index contributed by atoms with van der Waals surface area (Å²) < 4.78 is 0. The Balaban J connectivity index is 2.40. The average molecular weight is 204 g/mol. The Morgan fingerprint density at radius 2 is 2.15 bits per heavy atom. The number of amides is 1. The van der Waals surface area contributed by atoms with Crippen molar-refractivity contribution >= 4 is 17.5 Å². The maximum atomic E-state index is 11.5. The van der Waals surface area contributed by atoms with Gasteiger partial charge in [-0.15, -0.1) is 11.6 Å². The summed E-state index contributed by atoms with van der Waals surface area (Å²) in [7, 11) is 0. The van der Waals surface area contributed by atoms with Crippen molar-refractivity contribution in [2.75, 3.05) is 19.0 Å². The van der Waals surface area contributed by atoms with E-state index in [1.165, 1.54) is 0 Å². The minimum absolute atomic E-state index is 0.216. The van der Waals surface area contributed by atoms with Gasteiger partial charge in [0.2, 0.25) is 5.91 Å². The second-order valence-corrected chi connectivity index (χ2v) is 4.40. The lowest BCUT2D eigenvalue weighted by molar-refractivity contribution is -0.133. The van der Waals surface area contributed by atoms with Crippen molar-refractivity contribution < 1.29 is 4.79 Å². The van der Waals surface area contributed by atoms with Gasteiger partial charge in [0.1, 0.15) is 0 Å². The highest BCUT2D eigenvalue weighted by Crippen LogP contribution is 2.22. The van der Waals surface area contributed by atoms with Gasteiger partial charge in [-0.2, -0.15) is 0 Å². The van der Waals surface area contributed by atoms with Gasteiger partial charge in [0.05, 0.1) is 0 Å². The summed E-state index contributed by atoms with van der Waals surface area (Å²) in [6, 6.07) is 0. The molecule has 2 nitrogen and oxygen atoms in total. The van der Waals surface area contributed by atoms with Crippen molar-refractivity contribution in [3.63, 3.8) is 0 Å². The minimum atomic E-state index is 0.216. The van der Waals surface area contributed by atoms with Crippen LogP contribution in [-0.4, -0.2) is 29.8 Å². The van der Waals surface area contributed by atoms with E-state index in [-0.39, 0.29) is 5.91 Å². The molecule has 0 aliphatic carbocycles. The largest absolute Gasteiger partial charge is 0.342 e. The number of rotatable bonds is 2. The molecule has 1 heterocycles. The standard InChI is InChI=1S/C10H18ClNO/c1-8-4-6-12(7-9(8)2)10(13)3-5-11/h8-9H,3-7H2,1-2H3. The average Bonchev–Trinajstić information content (AvgIpc) is 2.10. The number of carbonyl (C=O) groups is 1. The van der Waals surface area contributed by atoms with Crippen molar-refractivity contribution in [2.45, 2.75) is 26.7 Å².